The van der Waals surface area contributed by atoms with Crippen LogP contribution in [0.3, 0.4) is 0 Å². The van der Waals surface area contributed by atoms with Crippen molar-refractivity contribution in [2.45, 2.75) is 32.9 Å². The zero-order chi connectivity index (χ0) is 28.0. The summed E-state index contributed by atoms with van der Waals surface area (Å²) >= 11 is 0. The van der Waals surface area contributed by atoms with E-state index in [0.29, 0.717) is 11.3 Å². The van der Waals surface area contributed by atoms with Crippen LogP contribution in [-0.4, -0.2) is 44.8 Å². The van der Waals surface area contributed by atoms with Crippen LogP contribution >= 0.6 is 0 Å². The van der Waals surface area contributed by atoms with Crippen molar-refractivity contribution in [3.05, 3.63) is 76.1 Å². The number of hydrogen-bond acceptors (Lipinski definition) is 5. The van der Waals surface area contributed by atoms with E-state index in [4.69, 9.17) is 16.9 Å². The number of amides is 1. The number of nitrogens with one attached hydrogen (secondary N) is 3. The van der Waals surface area contributed by atoms with Gasteiger partial charge in [0.25, 0.3) is 5.91 Å². The number of aliphatic imine (C=N–C) groups is 1. The Morgan fingerprint density at radius 1 is 1.05 bits per heavy atom. The Morgan fingerprint density at radius 2 is 1.63 bits per heavy atom. The number of nitrogens with zero attached hydrogens (tertiary/aromatic N) is 2. The summed E-state index contributed by atoms with van der Waals surface area (Å²) in [4.78, 5) is 16.2. The maximum atomic E-state index is 12.8. The fraction of sp³-hybridized carbons (Fsp3) is 0.346. The molecule has 1 fully saturated rings. The van der Waals surface area contributed by atoms with E-state index in [1.54, 1.807) is 12.1 Å². The number of anilines is 1. The Kier molecular flexibility index (Phi) is 17.1. The van der Waals surface area contributed by atoms with Crippen molar-refractivity contribution in [1.82, 2.24) is 5.32 Å². The number of carbonyl (C=O) groups excluding carboxylic acids is 1. The van der Waals surface area contributed by atoms with Gasteiger partial charge in [-0.2, -0.15) is 13.2 Å². The van der Waals surface area contributed by atoms with Crippen LogP contribution in [0.15, 0.2) is 59.1 Å². The molecule has 202 valence electrons. The fourth-order valence-corrected chi connectivity index (χ4v) is 3.25. The normalized spacial score (nSPS) is 13.4. The molecule has 38 heavy (non-hydrogen) atoms. The Morgan fingerprint density at radius 3 is 2.05 bits per heavy atom. The van der Waals surface area contributed by atoms with E-state index in [0.717, 1.165) is 12.1 Å². The summed E-state index contributed by atoms with van der Waals surface area (Å²) in [6.07, 6.45) is -1.76. The number of amidine groups is 2. The molecule has 0 aromatic heterocycles. The monoisotopic (exact) mass is 557 g/mol. The van der Waals surface area contributed by atoms with Gasteiger partial charge in [0.1, 0.15) is 5.84 Å². The SMILES string of the molecule is C1CCNC1.CC.CN=C([N-]C)/C(C(=N)N)=C(\N)c1ccc(NC(=O)c2cccc(C(F)(F)F)c2)cc1.[K+]. The van der Waals surface area contributed by atoms with E-state index in [1.807, 2.05) is 13.8 Å². The third-order valence-corrected chi connectivity index (χ3v) is 5.05. The van der Waals surface area contributed by atoms with Crippen LogP contribution in [0.25, 0.3) is 11.0 Å². The number of carbonyl (C=O) groups is 1. The molecule has 1 saturated heterocycles. The van der Waals surface area contributed by atoms with E-state index in [1.165, 1.54) is 64.3 Å². The number of likely N-dealkylation sites (N-methyl/N-ethyl adjacent to an activating group) is 1. The van der Waals surface area contributed by atoms with E-state index >= 15 is 0 Å². The number of benzene rings is 2. The zero-order valence-corrected chi connectivity index (χ0v) is 25.7. The Balaban J connectivity index is 0.00000150. The van der Waals surface area contributed by atoms with Crippen molar-refractivity contribution in [3.8, 4) is 0 Å². The minimum atomic E-state index is -4.54. The summed E-state index contributed by atoms with van der Waals surface area (Å²) in [6, 6.07) is 10.3. The van der Waals surface area contributed by atoms with Gasteiger partial charge >= 0.3 is 57.6 Å². The molecule has 2 aromatic rings. The molecule has 0 unspecified atom stereocenters. The van der Waals surface area contributed by atoms with Gasteiger partial charge in [-0.05, 0) is 61.8 Å². The molecule has 1 amide bonds. The third-order valence-electron chi connectivity index (χ3n) is 5.05. The van der Waals surface area contributed by atoms with E-state index in [2.05, 4.69) is 20.9 Å². The van der Waals surface area contributed by atoms with E-state index in [9.17, 15) is 18.0 Å². The first-order chi connectivity index (χ1) is 17.6. The molecule has 0 saturated carbocycles. The van der Waals surface area contributed by atoms with Crippen LogP contribution in [0.2, 0.25) is 0 Å². The van der Waals surface area contributed by atoms with Gasteiger partial charge in [0.2, 0.25) is 0 Å². The molecule has 1 heterocycles. The quantitative estimate of drug-likeness (QED) is 0.218. The van der Waals surface area contributed by atoms with Gasteiger partial charge in [-0.25, -0.2) is 0 Å². The maximum absolute atomic E-state index is 12.8. The second-order valence-corrected chi connectivity index (χ2v) is 7.54. The second kappa shape index (κ2) is 18.1. The second-order valence-electron chi connectivity index (χ2n) is 7.54. The number of rotatable bonds is 5. The first-order valence-corrected chi connectivity index (χ1v) is 11.8. The molecule has 0 aliphatic carbocycles. The van der Waals surface area contributed by atoms with Gasteiger partial charge in [-0.3, -0.25) is 10.2 Å². The van der Waals surface area contributed by atoms with Crippen molar-refractivity contribution < 1.29 is 69.4 Å². The van der Waals surface area contributed by atoms with Crippen molar-refractivity contribution in [1.29, 1.82) is 5.41 Å². The first-order valence-electron chi connectivity index (χ1n) is 11.8. The van der Waals surface area contributed by atoms with Crippen LogP contribution in [0.5, 0.6) is 0 Å². The molecule has 0 bridgehead atoms. The largest absolute Gasteiger partial charge is 1.00 e. The molecule has 8 nitrogen and oxygen atoms in total. The Hall–Kier alpha value is -2.22. The predicted octanol–water partition coefficient (Wildman–Crippen LogP) is 2.00. The summed E-state index contributed by atoms with van der Waals surface area (Å²) in [5.41, 5.74) is 11.9. The van der Waals surface area contributed by atoms with Gasteiger partial charge in [0.05, 0.1) is 5.56 Å². The van der Waals surface area contributed by atoms with Gasteiger partial charge in [-0.1, -0.05) is 52.0 Å². The Labute approximate surface area is 264 Å². The molecule has 1 aliphatic heterocycles. The summed E-state index contributed by atoms with van der Waals surface area (Å²) in [5, 5.41) is 17.4. The molecule has 0 radical (unpaired) electrons. The standard InChI is InChI=1S/C20H21F3N6O.C4H9N.C2H6.K/c1-27-18(28-2)15(17(25)26)16(24)11-6-8-14(9-7-11)29-19(30)12-4-3-5-13(10-12)20(21,22)23;1-2-4-5-3-1;1-2;/h3-10H,1-2H3,(H7,24,25,26,27,28,29,30);5H,1-4H2;1-2H3;/q;;;+1/p-1. The average molecular weight is 558 g/mol. The number of alkyl halides is 3. The smallest absolute Gasteiger partial charge is 0.468 e. The van der Waals surface area contributed by atoms with Crippen molar-refractivity contribution in [3.63, 3.8) is 0 Å². The Bertz CT molecular complexity index is 1090. The molecule has 2 aromatic carbocycles. The molecule has 7 N–H and O–H groups in total. The topological polar surface area (TPSA) is 143 Å². The van der Waals surface area contributed by atoms with Gasteiger partial charge in [-0.15, -0.1) is 0 Å². The summed E-state index contributed by atoms with van der Waals surface area (Å²) in [5.74, 6) is -0.783. The fourth-order valence-electron chi connectivity index (χ4n) is 3.25. The first kappa shape index (κ1) is 35.8. The third kappa shape index (κ3) is 11.3. The molecule has 0 atom stereocenters. The molecule has 1 aliphatic rings. The van der Waals surface area contributed by atoms with Crippen LogP contribution in [0.1, 0.15) is 48.2 Å². The summed E-state index contributed by atoms with van der Waals surface area (Å²) in [7, 11) is 2.98. The van der Waals surface area contributed by atoms with Gasteiger partial charge < -0.3 is 32.4 Å². The van der Waals surface area contributed by atoms with Crippen LogP contribution in [-0.2, 0) is 6.18 Å². The predicted molar refractivity (Wildman–Crippen MR) is 145 cm³/mol. The van der Waals surface area contributed by atoms with Crippen molar-refractivity contribution >= 4 is 29.0 Å². The van der Waals surface area contributed by atoms with E-state index in [-0.39, 0.29) is 79.9 Å². The van der Waals surface area contributed by atoms with Gasteiger partial charge in [0, 0.05) is 22.5 Å². The molecule has 0 spiro atoms. The summed E-state index contributed by atoms with van der Waals surface area (Å²) in [6.45, 7) is 6.50. The van der Waals surface area contributed by atoms with Crippen molar-refractivity contribution in [2.75, 3.05) is 32.5 Å². The number of halogens is 3. The molecular formula is C26H35F3KN7O. The maximum Gasteiger partial charge on any atom is 1.00 e. The van der Waals surface area contributed by atoms with E-state index < -0.39 is 17.6 Å². The zero-order valence-electron chi connectivity index (χ0n) is 22.5. The van der Waals surface area contributed by atoms with Crippen LogP contribution < -0.4 is 73.5 Å². The number of nitrogens with two attached hydrogens (primary N) is 2. The molecule has 12 heteroatoms. The average Bonchev–Trinajstić information content (AvgIpc) is 3.48. The minimum absolute atomic E-state index is 0. The molecular weight excluding hydrogens is 522 g/mol. The van der Waals surface area contributed by atoms with Gasteiger partial charge in [0.15, 0.2) is 0 Å². The summed E-state index contributed by atoms with van der Waals surface area (Å²) < 4.78 is 38.5. The van der Waals surface area contributed by atoms with Crippen LogP contribution in [0, 0.1) is 5.41 Å². The van der Waals surface area contributed by atoms with Crippen molar-refractivity contribution in [2.24, 2.45) is 16.5 Å². The number of hydrogen-bond donors (Lipinski definition) is 5. The molecule has 3 rings (SSSR count). The minimum Gasteiger partial charge on any atom is -0.468 e. The van der Waals surface area contributed by atoms with Crippen LogP contribution in [0.4, 0.5) is 18.9 Å².